The first-order valence-electron chi connectivity index (χ1n) is 8.40. The number of hydrogen-bond acceptors (Lipinski definition) is 4. The van der Waals surface area contributed by atoms with Crippen LogP contribution >= 0.6 is 92.8 Å². The Bertz CT molecular complexity index is 910. The first kappa shape index (κ1) is 27.6. The van der Waals surface area contributed by atoms with Gasteiger partial charge in [-0.15, -0.1) is 46.4 Å². The molecule has 2 atom stereocenters. The zero-order chi connectivity index (χ0) is 23.3. The first-order valence-corrected chi connectivity index (χ1v) is 13.3. The summed E-state index contributed by atoms with van der Waals surface area (Å²) >= 11 is 47.8. The average Bonchev–Trinajstić information content (AvgIpc) is 2.71. The van der Waals surface area contributed by atoms with Gasteiger partial charge in [0.15, 0.2) is 11.5 Å². The Morgan fingerprint density at radius 1 is 0.677 bits per heavy atom. The van der Waals surface area contributed by atoms with Gasteiger partial charge in [-0.1, -0.05) is 46.4 Å². The molecule has 2 aromatic rings. The van der Waals surface area contributed by atoms with E-state index in [1.807, 2.05) is 0 Å². The van der Waals surface area contributed by atoms with E-state index in [1.54, 1.807) is 0 Å². The lowest BCUT2D eigenvalue weighted by Gasteiger charge is -2.15. The van der Waals surface area contributed by atoms with Crippen LogP contribution in [0.4, 0.5) is 0 Å². The molecule has 0 bridgehead atoms. The van der Waals surface area contributed by atoms with E-state index in [0.717, 1.165) is 0 Å². The predicted octanol–water partition coefficient (Wildman–Crippen LogP) is 7.58. The maximum Gasteiger partial charge on any atom is 0.206 e. The molecule has 13 heteroatoms. The highest BCUT2D eigenvalue weighted by Gasteiger charge is 2.25. The van der Waals surface area contributed by atoms with E-state index in [2.05, 4.69) is 0 Å². The third-order valence-corrected chi connectivity index (χ3v) is 8.17. The SMILES string of the molecule is O=S(=O)(c1cc(Cl)c(OCC(Cl)CCl)c(Cl)c1)c1cc(Cl)c(OCC(Cl)CCl)c(Cl)c1. The summed E-state index contributed by atoms with van der Waals surface area (Å²) in [5, 5.41) is -1.01. The monoisotopic (exact) mass is 606 g/mol. The summed E-state index contributed by atoms with van der Waals surface area (Å²) in [5.74, 6) is 0.490. The Labute approximate surface area is 220 Å². The lowest BCUT2D eigenvalue weighted by Crippen LogP contribution is -2.14. The largest absolute Gasteiger partial charge is 0.489 e. The van der Waals surface area contributed by atoms with Gasteiger partial charge in [0, 0.05) is 11.8 Å². The molecule has 31 heavy (non-hydrogen) atoms. The number of halogens is 8. The molecule has 0 saturated heterocycles. The van der Waals surface area contributed by atoms with Crippen LogP contribution in [0.25, 0.3) is 0 Å². The summed E-state index contributed by atoms with van der Waals surface area (Å²) in [7, 11) is -4.08. The second-order valence-corrected chi connectivity index (χ2v) is 11.5. The molecule has 0 N–H and O–H groups in total. The van der Waals surface area contributed by atoms with Crippen molar-refractivity contribution in [3.8, 4) is 11.5 Å². The van der Waals surface area contributed by atoms with Crippen molar-refractivity contribution >= 4 is 103 Å². The molecule has 2 aromatic carbocycles. The molecule has 0 aliphatic carbocycles. The Balaban J connectivity index is 2.37. The maximum absolute atomic E-state index is 13.1. The molecule has 0 spiro atoms. The number of alkyl halides is 4. The van der Waals surface area contributed by atoms with Crippen molar-refractivity contribution in [3.05, 3.63) is 44.4 Å². The molecular weight excluding hydrogens is 596 g/mol. The van der Waals surface area contributed by atoms with Crippen LogP contribution in [0.15, 0.2) is 34.1 Å². The number of sulfone groups is 1. The van der Waals surface area contributed by atoms with Gasteiger partial charge in [-0.25, -0.2) is 8.42 Å². The highest BCUT2D eigenvalue weighted by atomic mass is 35.5. The van der Waals surface area contributed by atoms with Crippen molar-refractivity contribution < 1.29 is 17.9 Å². The van der Waals surface area contributed by atoms with E-state index in [9.17, 15) is 8.42 Å². The van der Waals surface area contributed by atoms with Crippen molar-refractivity contribution in [1.29, 1.82) is 0 Å². The van der Waals surface area contributed by atoms with Crippen molar-refractivity contribution in [3.63, 3.8) is 0 Å². The predicted molar refractivity (Wildman–Crippen MR) is 130 cm³/mol. The Morgan fingerprint density at radius 2 is 0.968 bits per heavy atom. The van der Waals surface area contributed by atoms with E-state index in [0.29, 0.717) is 0 Å². The summed E-state index contributed by atoms with van der Waals surface area (Å²) in [6.07, 6.45) is 0. The molecule has 2 rings (SSSR count). The van der Waals surface area contributed by atoms with Crippen molar-refractivity contribution in [1.82, 2.24) is 0 Å². The molecule has 0 radical (unpaired) electrons. The van der Waals surface area contributed by atoms with E-state index in [-0.39, 0.29) is 66.4 Å². The smallest absolute Gasteiger partial charge is 0.206 e. The summed E-state index contributed by atoms with van der Waals surface area (Å²) in [5.41, 5.74) is 0. The Kier molecular flexibility index (Phi) is 10.8. The van der Waals surface area contributed by atoms with Crippen LogP contribution < -0.4 is 9.47 Å². The maximum atomic E-state index is 13.1. The molecular formula is C18H14Cl8O4S. The molecule has 172 valence electrons. The van der Waals surface area contributed by atoms with Crippen molar-refractivity contribution in [2.24, 2.45) is 0 Å². The van der Waals surface area contributed by atoms with Crippen LogP contribution in [0.2, 0.25) is 20.1 Å². The zero-order valence-corrected chi connectivity index (χ0v) is 22.2. The minimum atomic E-state index is -4.08. The number of ether oxygens (including phenoxy) is 2. The minimum absolute atomic E-state index is 0.0177. The van der Waals surface area contributed by atoms with Crippen LogP contribution in [0.1, 0.15) is 0 Å². The highest BCUT2D eigenvalue weighted by molar-refractivity contribution is 7.91. The van der Waals surface area contributed by atoms with Gasteiger partial charge < -0.3 is 9.47 Å². The van der Waals surface area contributed by atoms with E-state index in [4.69, 9.17) is 102 Å². The van der Waals surface area contributed by atoms with Gasteiger partial charge in [-0.3, -0.25) is 0 Å². The van der Waals surface area contributed by atoms with Crippen LogP contribution in [-0.2, 0) is 9.84 Å². The fraction of sp³-hybridized carbons (Fsp3) is 0.333. The van der Waals surface area contributed by atoms with E-state index >= 15 is 0 Å². The van der Waals surface area contributed by atoms with Crippen LogP contribution in [0, 0.1) is 0 Å². The molecule has 0 aliphatic rings. The first-order chi connectivity index (χ1) is 14.5. The standard InChI is InChI=1S/C18H14Cl8O4S/c19-5-9(21)7-29-17-13(23)1-11(2-14(17)24)31(27,28)12-3-15(25)18(16(26)4-12)30-8-10(22)6-20/h1-4,9-10H,5-8H2. The van der Waals surface area contributed by atoms with Gasteiger partial charge >= 0.3 is 0 Å². The second kappa shape index (κ2) is 12.1. The van der Waals surface area contributed by atoms with Crippen LogP contribution in [0.5, 0.6) is 11.5 Å². The van der Waals surface area contributed by atoms with Crippen LogP contribution in [-0.4, -0.2) is 44.1 Å². The van der Waals surface area contributed by atoms with Gasteiger partial charge in [-0.05, 0) is 24.3 Å². The molecule has 4 nitrogen and oxygen atoms in total. The molecule has 2 unspecified atom stereocenters. The summed E-state index contributed by atoms with van der Waals surface area (Å²) < 4.78 is 37.1. The molecule has 0 amide bonds. The quantitative estimate of drug-likeness (QED) is 0.261. The third kappa shape index (κ3) is 7.14. The van der Waals surface area contributed by atoms with Gasteiger partial charge in [0.1, 0.15) is 13.2 Å². The van der Waals surface area contributed by atoms with E-state index in [1.165, 1.54) is 24.3 Å². The van der Waals surface area contributed by atoms with Gasteiger partial charge in [0.05, 0.1) is 40.6 Å². The fourth-order valence-corrected chi connectivity index (χ4v) is 5.35. The minimum Gasteiger partial charge on any atom is -0.489 e. The summed E-state index contributed by atoms with van der Waals surface area (Å²) in [6, 6.07) is 4.80. The van der Waals surface area contributed by atoms with Crippen molar-refractivity contribution in [2.45, 2.75) is 20.5 Å². The van der Waals surface area contributed by atoms with Gasteiger partial charge in [0.25, 0.3) is 0 Å². The average molecular weight is 610 g/mol. The molecule has 0 heterocycles. The lowest BCUT2D eigenvalue weighted by atomic mass is 10.3. The topological polar surface area (TPSA) is 52.6 Å². The normalized spacial score (nSPS) is 13.7. The number of rotatable bonds is 10. The summed E-state index contributed by atoms with van der Waals surface area (Å²) in [6.45, 7) is 0.0757. The Hall–Kier alpha value is 0.310. The lowest BCUT2D eigenvalue weighted by molar-refractivity contribution is 0.321. The second-order valence-electron chi connectivity index (χ2n) is 6.06. The fourth-order valence-electron chi connectivity index (χ4n) is 2.23. The molecule has 0 aliphatic heterocycles. The van der Waals surface area contributed by atoms with Gasteiger partial charge in [-0.2, -0.15) is 0 Å². The third-order valence-electron chi connectivity index (χ3n) is 3.72. The molecule has 0 aromatic heterocycles. The number of benzene rings is 2. The summed E-state index contributed by atoms with van der Waals surface area (Å²) in [4.78, 5) is -0.364. The molecule has 0 fully saturated rings. The highest BCUT2D eigenvalue weighted by Crippen LogP contribution is 2.40. The zero-order valence-electron chi connectivity index (χ0n) is 15.4. The van der Waals surface area contributed by atoms with Crippen LogP contribution in [0.3, 0.4) is 0 Å². The van der Waals surface area contributed by atoms with Crippen molar-refractivity contribution in [2.75, 3.05) is 25.0 Å². The Morgan fingerprint density at radius 3 is 1.23 bits per heavy atom. The van der Waals surface area contributed by atoms with E-state index < -0.39 is 20.6 Å². The molecule has 0 saturated carbocycles. The number of hydrogen-bond donors (Lipinski definition) is 0. The van der Waals surface area contributed by atoms with Gasteiger partial charge in [0.2, 0.25) is 9.84 Å².